The Morgan fingerprint density at radius 2 is 1.59 bits per heavy atom. The Balaban J connectivity index is 2.12. The third-order valence-corrected chi connectivity index (χ3v) is 7.02. The number of carbonyl (C=O) groups excluding carboxylic acids is 4. The molecule has 0 unspecified atom stereocenters. The SMILES string of the molecule is CCOC(=O)CSc1cc(N(C(=O)C2=C(C(=O)OCC)CCCC2)C(=O)c2ccccc2)c(F)cc1Cl. The van der Waals surface area contributed by atoms with Gasteiger partial charge in [-0.05, 0) is 63.8 Å². The molecule has 196 valence electrons. The molecule has 1 aliphatic rings. The molecule has 2 amide bonds. The second-order valence-electron chi connectivity index (χ2n) is 8.02. The number of hydrogen-bond acceptors (Lipinski definition) is 7. The lowest BCUT2D eigenvalue weighted by atomic mass is 9.90. The van der Waals surface area contributed by atoms with Gasteiger partial charge in [-0.25, -0.2) is 14.1 Å². The first-order valence-corrected chi connectivity index (χ1v) is 13.2. The minimum atomic E-state index is -0.905. The van der Waals surface area contributed by atoms with Crippen LogP contribution in [0.1, 0.15) is 49.9 Å². The highest BCUT2D eigenvalue weighted by Gasteiger charge is 2.34. The Hall–Kier alpha value is -3.17. The maximum atomic E-state index is 15.3. The van der Waals surface area contributed by atoms with Gasteiger partial charge in [0.2, 0.25) is 0 Å². The molecule has 3 rings (SSSR count). The first-order valence-electron chi connectivity index (χ1n) is 11.9. The standard InChI is InChI=1S/C27H27ClFNO6S/c1-3-35-24(31)16-37-23-15-22(21(29)14-20(23)28)30(25(32)17-10-6-5-7-11-17)26(33)18-12-8-9-13-19(18)27(34)36-4-2/h5-7,10-11,14-15H,3-4,8-9,12-13,16H2,1-2H3. The molecule has 0 aromatic heterocycles. The number of benzene rings is 2. The molecule has 7 nitrogen and oxygen atoms in total. The van der Waals surface area contributed by atoms with Crippen LogP contribution >= 0.6 is 23.4 Å². The van der Waals surface area contributed by atoms with E-state index in [1.807, 2.05) is 0 Å². The van der Waals surface area contributed by atoms with Crippen LogP contribution in [0.5, 0.6) is 0 Å². The maximum absolute atomic E-state index is 15.3. The second kappa shape index (κ2) is 13.4. The van der Waals surface area contributed by atoms with Gasteiger partial charge in [0, 0.05) is 21.6 Å². The highest BCUT2D eigenvalue weighted by molar-refractivity contribution is 8.00. The zero-order chi connectivity index (χ0) is 26.9. The zero-order valence-electron chi connectivity index (χ0n) is 20.6. The topological polar surface area (TPSA) is 90.0 Å². The van der Waals surface area contributed by atoms with Crippen molar-refractivity contribution < 1.29 is 33.0 Å². The highest BCUT2D eigenvalue weighted by Crippen LogP contribution is 2.36. The quantitative estimate of drug-likeness (QED) is 0.224. The van der Waals surface area contributed by atoms with Crippen LogP contribution in [0.3, 0.4) is 0 Å². The van der Waals surface area contributed by atoms with E-state index in [0.717, 1.165) is 22.7 Å². The smallest absolute Gasteiger partial charge is 0.334 e. The number of amides is 2. The van der Waals surface area contributed by atoms with E-state index in [4.69, 9.17) is 21.1 Å². The molecular formula is C27H27ClFNO6S. The fraction of sp³-hybridized carbons (Fsp3) is 0.333. The fourth-order valence-corrected chi connectivity index (χ4v) is 4.94. The number of nitrogens with zero attached hydrogens (tertiary/aromatic N) is 1. The third kappa shape index (κ3) is 6.99. The molecule has 0 saturated carbocycles. The number of imide groups is 1. The van der Waals surface area contributed by atoms with Crippen LogP contribution in [0, 0.1) is 5.82 Å². The molecule has 0 atom stereocenters. The van der Waals surface area contributed by atoms with Crippen molar-refractivity contribution in [2.45, 2.75) is 44.4 Å². The van der Waals surface area contributed by atoms with Gasteiger partial charge in [-0.3, -0.25) is 14.4 Å². The summed E-state index contributed by atoms with van der Waals surface area (Å²) in [7, 11) is 0. The Morgan fingerprint density at radius 3 is 2.24 bits per heavy atom. The zero-order valence-corrected chi connectivity index (χ0v) is 22.1. The van der Waals surface area contributed by atoms with E-state index in [2.05, 4.69) is 0 Å². The molecule has 0 spiro atoms. The molecule has 2 aromatic rings. The van der Waals surface area contributed by atoms with Crippen molar-refractivity contribution in [3.05, 3.63) is 70.0 Å². The van der Waals surface area contributed by atoms with Crippen LogP contribution < -0.4 is 4.90 Å². The van der Waals surface area contributed by atoms with Gasteiger partial charge >= 0.3 is 11.9 Å². The van der Waals surface area contributed by atoms with E-state index in [0.29, 0.717) is 19.3 Å². The van der Waals surface area contributed by atoms with Gasteiger partial charge in [0.25, 0.3) is 11.8 Å². The Labute approximate surface area is 223 Å². The molecule has 0 fully saturated rings. The molecule has 10 heteroatoms. The predicted octanol–water partition coefficient (Wildman–Crippen LogP) is 5.74. The minimum Gasteiger partial charge on any atom is -0.465 e. The van der Waals surface area contributed by atoms with Crippen molar-refractivity contribution in [3.63, 3.8) is 0 Å². The summed E-state index contributed by atoms with van der Waals surface area (Å²) in [5.74, 6) is -3.70. The van der Waals surface area contributed by atoms with E-state index in [9.17, 15) is 19.2 Å². The Bertz CT molecular complexity index is 1220. The van der Waals surface area contributed by atoms with Crippen molar-refractivity contribution in [3.8, 4) is 0 Å². The normalized spacial score (nSPS) is 13.2. The lowest BCUT2D eigenvalue weighted by molar-refractivity contribution is -0.140. The van der Waals surface area contributed by atoms with E-state index in [1.54, 1.807) is 32.0 Å². The Kier molecular flexibility index (Phi) is 10.3. The number of ether oxygens (including phenoxy) is 2. The summed E-state index contributed by atoms with van der Waals surface area (Å²) in [6, 6.07) is 10.2. The van der Waals surface area contributed by atoms with E-state index in [-0.39, 0.29) is 57.7 Å². The van der Waals surface area contributed by atoms with E-state index >= 15 is 4.39 Å². The van der Waals surface area contributed by atoms with Crippen LogP contribution in [-0.4, -0.2) is 42.7 Å². The molecule has 37 heavy (non-hydrogen) atoms. The number of hydrogen-bond donors (Lipinski definition) is 0. The molecule has 0 bridgehead atoms. The number of rotatable bonds is 9. The van der Waals surface area contributed by atoms with Crippen molar-refractivity contribution in [2.24, 2.45) is 0 Å². The van der Waals surface area contributed by atoms with E-state index in [1.165, 1.54) is 18.2 Å². The van der Waals surface area contributed by atoms with Gasteiger partial charge in [-0.1, -0.05) is 29.8 Å². The summed E-state index contributed by atoms with van der Waals surface area (Å²) in [5, 5.41) is 0.0132. The average Bonchev–Trinajstić information content (AvgIpc) is 2.90. The molecule has 1 aliphatic carbocycles. The molecule has 0 N–H and O–H groups in total. The van der Waals surface area contributed by atoms with Gasteiger partial charge in [-0.2, -0.15) is 0 Å². The second-order valence-corrected chi connectivity index (χ2v) is 9.45. The van der Waals surface area contributed by atoms with Crippen LogP contribution in [0.25, 0.3) is 0 Å². The highest BCUT2D eigenvalue weighted by atomic mass is 35.5. The first kappa shape index (κ1) is 28.4. The lowest BCUT2D eigenvalue weighted by Crippen LogP contribution is -2.40. The monoisotopic (exact) mass is 547 g/mol. The lowest BCUT2D eigenvalue weighted by Gasteiger charge is -2.26. The summed E-state index contributed by atoms with van der Waals surface area (Å²) < 4.78 is 25.4. The first-order chi connectivity index (χ1) is 17.8. The van der Waals surface area contributed by atoms with Gasteiger partial charge in [0.15, 0.2) is 0 Å². The number of thioether (sulfide) groups is 1. The average molecular weight is 548 g/mol. The molecule has 0 saturated heterocycles. The molecule has 2 aromatic carbocycles. The van der Waals surface area contributed by atoms with Crippen LogP contribution in [-0.2, 0) is 23.9 Å². The summed E-state index contributed by atoms with van der Waals surface area (Å²) in [4.78, 5) is 53.0. The van der Waals surface area contributed by atoms with Crippen molar-refractivity contribution in [2.75, 3.05) is 23.9 Å². The molecular weight excluding hydrogens is 521 g/mol. The Morgan fingerprint density at radius 1 is 0.946 bits per heavy atom. The largest absolute Gasteiger partial charge is 0.465 e. The number of halogens is 2. The van der Waals surface area contributed by atoms with Crippen LogP contribution in [0.15, 0.2) is 58.5 Å². The van der Waals surface area contributed by atoms with Crippen LogP contribution in [0.2, 0.25) is 5.02 Å². The van der Waals surface area contributed by atoms with Gasteiger partial charge in [0.05, 0.1) is 29.7 Å². The third-order valence-electron chi connectivity index (χ3n) is 5.57. The predicted molar refractivity (Wildman–Crippen MR) is 139 cm³/mol. The van der Waals surface area contributed by atoms with Gasteiger partial charge in [0.1, 0.15) is 5.82 Å². The maximum Gasteiger partial charge on any atom is 0.334 e. The van der Waals surface area contributed by atoms with E-state index < -0.39 is 29.6 Å². The number of carbonyl (C=O) groups is 4. The summed E-state index contributed by atoms with van der Waals surface area (Å²) in [6.45, 7) is 3.66. The number of esters is 2. The van der Waals surface area contributed by atoms with Crippen molar-refractivity contribution in [1.82, 2.24) is 0 Å². The van der Waals surface area contributed by atoms with Crippen molar-refractivity contribution >= 4 is 52.8 Å². The minimum absolute atomic E-state index is 0.0132. The summed E-state index contributed by atoms with van der Waals surface area (Å²) in [5.41, 5.74) is 0.121. The molecule has 0 heterocycles. The summed E-state index contributed by atoms with van der Waals surface area (Å²) >= 11 is 7.21. The summed E-state index contributed by atoms with van der Waals surface area (Å²) in [6.07, 6.45) is 1.87. The fourth-order valence-electron chi connectivity index (χ4n) is 3.88. The molecule has 0 aliphatic heterocycles. The van der Waals surface area contributed by atoms with Gasteiger partial charge in [-0.15, -0.1) is 11.8 Å². The molecule has 0 radical (unpaired) electrons. The number of anilines is 1. The van der Waals surface area contributed by atoms with Crippen LogP contribution in [0.4, 0.5) is 10.1 Å². The van der Waals surface area contributed by atoms with Crippen molar-refractivity contribution in [1.29, 1.82) is 0 Å². The van der Waals surface area contributed by atoms with Gasteiger partial charge < -0.3 is 9.47 Å².